The van der Waals surface area contributed by atoms with Gasteiger partial charge in [0.25, 0.3) is 0 Å². The smallest absolute Gasteiger partial charge is 0.309 e. The Morgan fingerprint density at radius 3 is 2.40 bits per heavy atom. The van der Waals surface area contributed by atoms with Gasteiger partial charge in [-0.2, -0.15) is 0 Å². The van der Waals surface area contributed by atoms with Crippen molar-refractivity contribution >= 4 is 21.9 Å². The first-order valence-electron chi connectivity index (χ1n) is 7.53. The zero-order valence-electron chi connectivity index (χ0n) is 12.1. The minimum atomic E-state index is -0.615. The van der Waals surface area contributed by atoms with Crippen LogP contribution in [0.4, 0.5) is 0 Å². The van der Waals surface area contributed by atoms with Crippen LogP contribution in [0.5, 0.6) is 0 Å². The summed E-state index contributed by atoms with van der Waals surface area (Å²) in [5.41, 5.74) is 0.586. The monoisotopic (exact) mass is 338 g/mol. The van der Waals surface area contributed by atoms with Crippen molar-refractivity contribution in [3.63, 3.8) is 0 Å². The first-order valence-corrected chi connectivity index (χ1v) is 8.33. The highest BCUT2D eigenvalue weighted by Gasteiger charge is 2.41. The fourth-order valence-corrected chi connectivity index (χ4v) is 3.65. The molecule has 1 aliphatic rings. The lowest BCUT2D eigenvalue weighted by atomic mass is 9.67. The molecule has 0 saturated heterocycles. The summed E-state index contributed by atoms with van der Waals surface area (Å²) >= 11 is 3.42. The predicted octanol–water partition coefficient (Wildman–Crippen LogP) is 5.05. The molecule has 0 atom stereocenters. The van der Waals surface area contributed by atoms with E-state index in [1.807, 2.05) is 24.3 Å². The van der Waals surface area contributed by atoms with Crippen LogP contribution in [0.1, 0.15) is 51.0 Å². The molecular formula is C17H23BrO2. The van der Waals surface area contributed by atoms with Crippen LogP contribution in [0.25, 0.3) is 0 Å². The van der Waals surface area contributed by atoms with E-state index < -0.39 is 11.4 Å². The van der Waals surface area contributed by atoms with E-state index in [2.05, 4.69) is 22.9 Å². The number of hydrogen-bond donors (Lipinski definition) is 1. The largest absolute Gasteiger partial charge is 0.481 e. The summed E-state index contributed by atoms with van der Waals surface area (Å²) in [6.45, 7) is 2.21. The third-order valence-electron chi connectivity index (χ3n) is 4.67. The van der Waals surface area contributed by atoms with E-state index in [9.17, 15) is 9.90 Å². The quantitative estimate of drug-likeness (QED) is 0.815. The number of aliphatic carboxylic acids is 1. The molecule has 0 spiro atoms. The van der Waals surface area contributed by atoms with Crippen molar-refractivity contribution in [2.75, 3.05) is 0 Å². The van der Waals surface area contributed by atoms with Crippen molar-refractivity contribution in [2.45, 2.75) is 51.9 Å². The fraction of sp³-hybridized carbons (Fsp3) is 0.588. The molecule has 0 aromatic heterocycles. The molecule has 1 aliphatic carbocycles. The van der Waals surface area contributed by atoms with Crippen molar-refractivity contribution in [3.05, 3.63) is 34.3 Å². The Morgan fingerprint density at radius 2 is 1.90 bits per heavy atom. The van der Waals surface area contributed by atoms with Crippen LogP contribution >= 0.6 is 15.9 Å². The average Bonchev–Trinajstić information content (AvgIpc) is 2.44. The number of rotatable bonds is 5. The first kappa shape index (κ1) is 15.6. The summed E-state index contributed by atoms with van der Waals surface area (Å²) in [4.78, 5) is 11.8. The molecule has 2 rings (SSSR count). The third-order valence-corrected chi connectivity index (χ3v) is 5.20. The Balaban J connectivity index is 2.08. The van der Waals surface area contributed by atoms with E-state index in [0.29, 0.717) is 6.42 Å². The van der Waals surface area contributed by atoms with Crippen LogP contribution < -0.4 is 0 Å². The maximum absolute atomic E-state index is 11.8. The lowest BCUT2D eigenvalue weighted by Gasteiger charge is -2.37. The number of carbonyl (C=O) groups is 1. The van der Waals surface area contributed by atoms with Gasteiger partial charge < -0.3 is 5.11 Å². The highest BCUT2D eigenvalue weighted by Crippen LogP contribution is 2.43. The normalized spacial score (nSPS) is 26.4. The number of hydrogen-bond acceptors (Lipinski definition) is 1. The highest BCUT2D eigenvalue weighted by atomic mass is 79.9. The molecule has 1 saturated carbocycles. The van der Waals surface area contributed by atoms with Crippen LogP contribution in [0.2, 0.25) is 0 Å². The standard InChI is InChI=1S/C17H23BrO2/c1-2-3-13-8-10-17(11-9-13,16(19)20)12-14-4-6-15(18)7-5-14/h4-7,13H,2-3,8-12H2,1H3,(H,19,20). The summed E-state index contributed by atoms with van der Waals surface area (Å²) in [6, 6.07) is 8.06. The average molecular weight is 339 g/mol. The van der Waals surface area contributed by atoms with Gasteiger partial charge >= 0.3 is 5.97 Å². The van der Waals surface area contributed by atoms with E-state index in [4.69, 9.17) is 0 Å². The van der Waals surface area contributed by atoms with Gasteiger partial charge in [-0.1, -0.05) is 47.8 Å². The number of carboxylic acids is 1. The number of halogens is 1. The lowest BCUT2D eigenvalue weighted by Crippen LogP contribution is -2.37. The van der Waals surface area contributed by atoms with Gasteiger partial charge in [0, 0.05) is 4.47 Å². The van der Waals surface area contributed by atoms with Gasteiger partial charge in [0.05, 0.1) is 5.41 Å². The van der Waals surface area contributed by atoms with E-state index in [1.54, 1.807) is 0 Å². The van der Waals surface area contributed by atoms with Gasteiger partial charge in [0.2, 0.25) is 0 Å². The van der Waals surface area contributed by atoms with Crippen molar-refractivity contribution in [1.29, 1.82) is 0 Å². The molecule has 1 N–H and O–H groups in total. The second-order valence-electron chi connectivity index (χ2n) is 6.12. The van der Waals surface area contributed by atoms with Crippen molar-refractivity contribution < 1.29 is 9.90 Å². The van der Waals surface area contributed by atoms with Crippen LogP contribution in [-0.4, -0.2) is 11.1 Å². The van der Waals surface area contributed by atoms with Gasteiger partial charge in [-0.25, -0.2) is 0 Å². The Bertz CT molecular complexity index is 445. The molecule has 20 heavy (non-hydrogen) atoms. The van der Waals surface area contributed by atoms with E-state index >= 15 is 0 Å². The third kappa shape index (κ3) is 3.63. The Morgan fingerprint density at radius 1 is 1.30 bits per heavy atom. The number of carboxylic acid groups (broad SMARTS) is 1. The molecule has 1 aromatic rings. The summed E-state index contributed by atoms with van der Waals surface area (Å²) in [5.74, 6) is 0.118. The van der Waals surface area contributed by atoms with Gasteiger partial charge in [-0.3, -0.25) is 4.79 Å². The fourth-order valence-electron chi connectivity index (χ4n) is 3.39. The molecule has 0 bridgehead atoms. The van der Waals surface area contributed by atoms with E-state index in [1.165, 1.54) is 12.8 Å². The second-order valence-corrected chi connectivity index (χ2v) is 7.04. The molecular weight excluding hydrogens is 316 g/mol. The zero-order chi connectivity index (χ0) is 14.6. The number of benzene rings is 1. The topological polar surface area (TPSA) is 37.3 Å². The molecule has 0 radical (unpaired) electrons. The molecule has 110 valence electrons. The summed E-state index contributed by atoms with van der Waals surface area (Å²) in [5, 5.41) is 9.71. The van der Waals surface area contributed by atoms with E-state index in [-0.39, 0.29) is 0 Å². The lowest BCUT2D eigenvalue weighted by molar-refractivity contribution is -0.151. The SMILES string of the molecule is CCCC1CCC(Cc2ccc(Br)cc2)(C(=O)O)CC1. The van der Waals surface area contributed by atoms with Crippen molar-refractivity contribution in [1.82, 2.24) is 0 Å². The molecule has 0 heterocycles. The zero-order valence-corrected chi connectivity index (χ0v) is 13.7. The molecule has 0 aliphatic heterocycles. The van der Waals surface area contributed by atoms with Crippen molar-refractivity contribution in [2.24, 2.45) is 11.3 Å². The Kier molecular flexibility index (Phi) is 5.25. The first-order chi connectivity index (χ1) is 9.55. The molecule has 2 nitrogen and oxygen atoms in total. The predicted molar refractivity (Wildman–Crippen MR) is 84.8 cm³/mol. The van der Waals surface area contributed by atoms with Gasteiger partial charge in [0.1, 0.15) is 0 Å². The van der Waals surface area contributed by atoms with Gasteiger partial charge in [-0.15, -0.1) is 0 Å². The highest BCUT2D eigenvalue weighted by molar-refractivity contribution is 9.10. The van der Waals surface area contributed by atoms with Crippen LogP contribution in [0.3, 0.4) is 0 Å². The Labute approximate surface area is 129 Å². The minimum Gasteiger partial charge on any atom is -0.481 e. The summed E-state index contributed by atoms with van der Waals surface area (Å²) in [7, 11) is 0. The Hall–Kier alpha value is -0.830. The molecule has 0 amide bonds. The van der Waals surface area contributed by atoms with Crippen LogP contribution in [-0.2, 0) is 11.2 Å². The summed E-state index contributed by atoms with van der Waals surface area (Å²) < 4.78 is 1.04. The van der Waals surface area contributed by atoms with Crippen LogP contribution in [0, 0.1) is 11.3 Å². The summed E-state index contributed by atoms with van der Waals surface area (Å²) in [6.07, 6.45) is 6.89. The molecule has 0 unspecified atom stereocenters. The van der Waals surface area contributed by atoms with E-state index in [0.717, 1.165) is 41.6 Å². The molecule has 3 heteroatoms. The molecule has 1 fully saturated rings. The minimum absolute atomic E-state index is 0.544. The second kappa shape index (κ2) is 6.75. The van der Waals surface area contributed by atoms with Gasteiger partial charge in [-0.05, 0) is 55.7 Å². The maximum atomic E-state index is 11.8. The maximum Gasteiger partial charge on any atom is 0.309 e. The molecule has 1 aromatic carbocycles. The van der Waals surface area contributed by atoms with Crippen molar-refractivity contribution in [3.8, 4) is 0 Å². The van der Waals surface area contributed by atoms with Gasteiger partial charge in [0.15, 0.2) is 0 Å². The van der Waals surface area contributed by atoms with Crippen LogP contribution in [0.15, 0.2) is 28.7 Å².